The van der Waals surface area contributed by atoms with Crippen LogP contribution in [0.15, 0.2) is 42.6 Å². The van der Waals surface area contributed by atoms with Crippen LogP contribution in [0, 0.1) is 6.92 Å². The van der Waals surface area contributed by atoms with E-state index in [2.05, 4.69) is 35.0 Å². The lowest BCUT2D eigenvalue weighted by molar-refractivity contribution is 0.779. The molecule has 0 spiro atoms. The molecule has 2 N–H and O–H groups in total. The quantitative estimate of drug-likeness (QED) is 0.851. The van der Waals surface area contributed by atoms with E-state index < -0.39 is 0 Å². The lowest BCUT2D eigenvalue weighted by atomic mass is 10.1. The molecule has 19 heavy (non-hydrogen) atoms. The summed E-state index contributed by atoms with van der Waals surface area (Å²) in [5.74, 6) is 1.05. The third kappa shape index (κ3) is 2.70. The summed E-state index contributed by atoms with van der Waals surface area (Å²) in [7, 11) is 0. The summed E-state index contributed by atoms with van der Waals surface area (Å²) < 4.78 is 0. The second-order valence-electron chi connectivity index (χ2n) is 5.25. The van der Waals surface area contributed by atoms with Crippen LogP contribution in [-0.4, -0.2) is 11.0 Å². The number of anilines is 2. The predicted octanol–water partition coefficient (Wildman–Crippen LogP) is 3.14. The molecular weight excluding hydrogens is 234 g/mol. The van der Waals surface area contributed by atoms with Crippen LogP contribution in [0.1, 0.15) is 24.0 Å². The van der Waals surface area contributed by atoms with E-state index in [4.69, 9.17) is 5.73 Å². The van der Waals surface area contributed by atoms with E-state index in [0.717, 1.165) is 18.1 Å². The third-order valence-corrected chi connectivity index (χ3v) is 3.57. The molecule has 2 aromatic rings. The molecule has 3 heteroatoms. The first kappa shape index (κ1) is 12.0. The molecule has 0 radical (unpaired) electrons. The van der Waals surface area contributed by atoms with E-state index in [1.54, 1.807) is 0 Å². The fraction of sp³-hybridized carbons (Fsp3) is 0.312. The van der Waals surface area contributed by atoms with Crippen molar-refractivity contribution >= 4 is 11.5 Å². The fourth-order valence-corrected chi connectivity index (χ4v) is 2.27. The molecule has 0 saturated heterocycles. The van der Waals surface area contributed by atoms with Crippen LogP contribution in [0.2, 0.25) is 0 Å². The SMILES string of the molecule is Cc1ccc(N(Cc2ccccc2N)C2CC2)nc1. The van der Waals surface area contributed by atoms with Gasteiger partial charge in [-0.2, -0.15) is 0 Å². The average Bonchev–Trinajstić information content (AvgIpc) is 3.24. The summed E-state index contributed by atoms with van der Waals surface area (Å²) in [5.41, 5.74) is 9.28. The smallest absolute Gasteiger partial charge is 0.129 e. The number of aromatic nitrogens is 1. The largest absolute Gasteiger partial charge is 0.398 e. The minimum atomic E-state index is 0.620. The van der Waals surface area contributed by atoms with Crippen LogP contribution >= 0.6 is 0 Å². The molecular formula is C16H19N3. The Morgan fingerprint density at radius 1 is 1.21 bits per heavy atom. The molecule has 1 fully saturated rings. The topological polar surface area (TPSA) is 42.1 Å². The standard InChI is InChI=1S/C16H19N3/c1-12-6-9-16(18-10-12)19(14-7-8-14)11-13-4-2-3-5-15(13)17/h2-6,9-10,14H,7-8,11,17H2,1H3. The van der Waals surface area contributed by atoms with Crippen molar-refractivity contribution in [2.24, 2.45) is 0 Å². The van der Waals surface area contributed by atoms with Crippen molar-refractivity contribution in [3.8, 4) is 0 Å². The van der Waals surface area contributed by atoms with Crippen molar-refractivity contribution in [1.29, 1.82) is 0 Å². The van der Waals surface area contributed by atoms with E-state index in [0.29, 0.717) is 6.04 Å². The van der Waals surface area contributed by atoms with Gasteiger partial charge in [-0.1, -0.05) is 24.3 Å². The van der Waals surface area contributed by atoms with E-state index >= 15 is 0 Å². The van der Waals surface area contributed by atoms with Gasteiger partial charge in [-0.25, -0.2) is 4.98 Å². The average molecular weight is 253 g/mol. The van der Waals surface area contributed by atoms with E-state index in [9.17, 15) is 0 Å². The zero-order valence-electron chi connectivity index (χ0n) is 11.2. The number of rotatable bonds is 4. The summed E-state index contributed by atoms with van der Waals surface area (Å²) in [5, 5.41) is 0. The Morgan fingerprint density at radius 2 is 2.00 bits per heavy atom. The lowest BCUT2D eigenvalue weighted by Gasteiger charge is -2.24. The summed E-state index contributed by atoms with van der Waals surface area (Å²) in [6.45, 7) is 2.90. The van der Waals surface area contributed by atoms with Gasteiger partial charge in [0.25, 0.3) is 0 Å². The fourth-order valence-electron chi connectivity index (χ4n) is 2.27. The molecule has 3 nitrogen and oxygen atoms in total. The predicted molar refractivity (Wildman–Crippen MR) is 79.0 cm³/mol. The second-order valence-corrected chi connectivity index (χ2v) is 5.25. The van der Waals surface area contributed by atoms with Crippen LogP contribution in [0.5, 0.6) is 0 Å². The van der Waals surface area contributed by atoms with Crippen molar-refractivity contribution in [3.63, 3.8) is 0 Å². The van der Waals surface area contributed by atoms with Gasteiger partial charge in [0.15, 0.2) is 0 Å². The van der Waals surface area contributed by atoms with Gasteiger partial charge in [-0.3, -0.25) is 0 Å². The minimum absolute atomic E-state index is 0.620. The minimum Gasteiger partial charge on any atom is -0.398 e. The van der Waals surface area contributed by atoms with Gasteiger partial charge in [0, 0.05) is 24.5 Å². The van der Waals surface area contributed by atoms with E-state index in [1.807, 2.05) is 24.4 Å². The molecule has 0 atom stereocenters. The highest BCUT2D eigenvalue weighted by molar-refractivity contribution is 5.50. The van der Waals surface area contributed by atoms with Gasteiger partial charge >= 0.3 is 0 Å². The Bertz CT molecular complexity index is 558. The molecule has 1 aliphatic rings. The van der Waals surface area contributed by atoms with Gasteiger partial charge in [0.1, 0.15) is 5.82 Å². The van der Waals surface area contributed by atoms with Crippen LogP contribution in [0.3, 0.4) is 0 Å². The first-order valence-corrected chi connectivity index (χ1v) is 6.77. The highest BCUT2D eigenvalue weighted by Crippen LogP contribution is 2.32. The first-order valence-electron chi connectivity index (χ1n) is 6.77. The van der Waals surface area contributed by atoms with Crippen molar-refractivity contribution in [3.05, 3.63) is 53.7 Å². The van der Waals surface area contributed by atoms with Crippen molar-refractivity contribution in [2.75, 3.05) is 10.6 Å². The number of nitrogen functional groups attached to an aromatic ring is 1. The van der Waals surface area contributed by atoms with E-state index in [1.165, 1.54) is 24.0 Å². The zero-order chi connectivity index (χ0) is 13.2. The number of para-hydroxylation sites is 1. The maximum atomic E-state index is 6.04. The van der Waals surface area contributed by atoms with Crippen molar-refractivity contribution in [1.82, 2.24) is 4.98 Å². The first-order chi connectivity index (χ1) is 9.24. The maximum absolute atomic E-state index is 6.04. The molecule has 0 bridgehead atoms. The Morgan fingerprint density at radius 3 is 2.63 bits per heavy atom. The normalized spacial score (nSPS) is 14.4. The Balaban J connectivity index is 1.86. The maximum Gasteiger partial charge on any atom is 0.129 e. The highest BCUT2D eigenvalue weighted by atomic mass is 15.2. The van der Waals surface area contributed by atoms with Gasteiger partial charge < -0.3 is 10.6 Å². The van der Waals surface area contributed by atoms with Crippen molar-refractivity contribution < 1.29 is 0 Å². The van der Waals surface area contributed by atoms with Gasteiger partial charge in [-0.15, -0.1) is 0 Å². The zero-order valence-corrected chi connectivity index (χ0v) is 11.2. The molecule has 98 valence electrons. The lowest BCUT2D eigenvalue weighted by Crippen LogP contribution is -2.26. The van der Waals surface area contributed by atoms with Gasteiger partial charge in [-0.05, 0) is 43.0 Å². The summed E-state index contributed by atoms with van der Waals surface area (Å²) in [6.07, 6.45) is 4.43. The summed E-state index contributed by atoms with van der Waals surface area (Å²) >= 11 is 0. The monoisotopic (exact) mass is 253 g/mol. The Labute approximate surface area is 114 Å². The van der Waals surface area contributed by atoms with Crippen LogP contribution < -0.4 is 10.6 Å². The molecule has 0 amide bonds. The molecule has 1 saturated carbocycles. The Kier molecular flexibility index (Phi) is 3.11. The second kappa shape index (κ2) is 4.92. The molecule has 1 aliphatic carbocycles. The van der Waals surface area contributed by atoms with E-state index in [-0.39, 0.29) is 0 Å². The van der Waals surface area contributed by atoms with Gasteiger partial charge in [0.05, 0.1) is 0 Å². The Hall–Kier alpha value is -2.03. The van der Waals surface area contributed by atoms with Crippen molar-refractivity contribution in [2.45, 2.75) is 32.4 Å². The number of nitrogens with two attached hydrogens (primary N) is 1. The number of pyridine rings is 1. The number of aryl methyl sites for hydroxylation is 1. The summed E-state index contributed by atoms with van der Waals surface area (Å²) in [6, 6.07) is 12.9. The van der Waals surface area contributed by atoms with Crippen LogP contribution in [0.25, 0.3) is 0 Å². The molecule has 3 rings (SSSR count). The van der Waals surface area contributed by atoms with Crippen LogP contribution in [-0.2, 0) is 6.54 Å². The molecule has 1 aromatic heterocycles. The number of nitrogens with zero attached hydrogens (tertiary/aromatic N) is 2. The number of hydrogen-bond donors (Lipinski definition) is 1. The number of hydrogen-bond acceptors (Lipinski definition) is 3. The van der Waals surface area contributed by atoms with Crippen LogP contribution in [0.4, 0.5) is 11.5 Å². The van der Waals surface area contributed by atoms with Gasteiger partial charge in [0.2, 0.25) is 0 Å². The highest BCUT2D eigenvalue weighted by Gasteiger charge is 2.30. The molecule has 1 aromatic carbocycles. The summed E-state index contributed by atoms with van der Waals surface area (Å²) in [4.78, 5) is 6.92. The third-order valence-electron chi connectivity index (χ3n) is 3.57. The molecule has 0 aliphatic heterocycles. The molecule has 0 unspecified atom stereocenters. The molecule has 1 heterocycles. The number of benzene rings is 1.